The molecular weight excluding hydrogens is 296 g/mol. The number of esters is 1. The Morgan fingerprint density at radius 3 is 2.45 bits per heavy atom. The minimum absolute atomic E-state index is 0.329. The molecule has 0 aromatic heterocycles. The lowest BCUT2D eigenvalue weighted by atomic mass is 10.2. The van der Waals surface area contributed by atoms with E-state index in [2.05, 4.69) is 17.1 Å². The number of hydrogen-bond acceptors (Lipinski definition) is 4. The van der Waals surface area contributed by atoms with Crippen LogP contribution < -0.4 is 5.73 Å². The number of ether oxygens (including phenoxy) is 1. The highest BCUT2D eigenvalue weighted by molar-refractivity contribution is 8.13. The van der Waals surface area contributed by atoms with Gasteiger partial charge in [-0.25, -0.2) is 9.79 Å². The third-order valence-electron chi connectivity index (χ3n) is 2.85. The highest BCUT2D eigenvalue weighted by Gasteiger charge is 2.05. The molecule has 5 heteroatoms. The molecule has 0 bridgehead atoms. The standard InChI is InChI=1S/C17H18N2O2S/c1-2-21-16(20)14-8-10-15(11-9-14)19-17(18)22-12-13-6-4-3-5-7-13/h3-11H,2,12H2,1H3,(H2,18,19). The second kappa shape index (κ2) is 8.24. The van der Waals surface area contributed by atoms with Gasteiger partial charge in [0.05, 0.1) is 17.9 Å². The summed E-state index contributed by atoms with van der Waals surface area (Å²) in [6.07, 6.45) is 0. The second-order valence-electron chi connectivity index (χ2n) is 4.49. The lowest BCUT2D eigenvalue weighted by molar-refractivity contribution is 0.0526. The molecule has 0 atom stereocenters. The number of benzene rings is 2. The second-order valence-corrected chi connectivity index (χ2v) is 5.49. The molecule has 0 aliphatic heterocycles. The largest absolute Gasteiger partial charge is 0.462 e. The molecule has 2 aromatic rings. The van der Waals surface area contributed by atoms with Crippen molar-refractivity contribution in [2.45, 2.75) is 12.7 Å². The maximum Gasteiger partial charge on any atom is 0.338 e. The maximum atomic E-state index is 11.6. The lowest BCUT2D eigenvalue weighted by Crippen LogP contribution is -2.06. The molecule has 0 aliphatic rings. The normalized spacial score (nSPS) is 11.2. The molecule has 0 spiro atoms. The number of nitrogens with zero attached hydrogens (tertiary/aromatic N) is 1. The summed E-state index contributed by atoms with van der Waals surface area (Å²) >= 11 is 1.48. The van der Waals surface area contributed by atoms with Gasteiger partial charge in [-0.3, -0.25) is 0 Å². The molecular formula is C17H18N2O2S. The first kappa shape index (κ1) is 16.1. The topological polar surface area (TPSA) is 64.7 Å². The van der Waals surface area contributed by atoms with Crippen LogP contribution in [-0.2, 0) is 10.5 Å². The molecule has 0 aliphatic carbocycles. The molecule has 0 fully saturated rings. The van der Waals surface area contributed by atoms with Gasteiger partial charge in [0, 0.05) is 5.75 Å². The van der Waals surface area contributed by atoms with Gasteiger partial charge in [0.15, 0.2) is 5.17 Å². The lowest BCUT2D eigenvalue weighted by Gasteiger charge is -2.03. The predicted molar refractivity (Wildman–Crippen MR) is 91.4 cm³/mol. The van der Waals surface area contributed by atoms with Crippen LogP contribution in [0.2, 0.25) is 0 Å². The van der Waals surface area contributed by atoms with Gasteiger partial charge in [0.2, 0.25) is 0 Å². The molecule has 2 rings (SSSR count). The zero-order chi connectivity index (χ0) is 15.8. The Bertz CT molecular complexity index is 639. The molecule has 0 saturated heterocycles. The molecule has 4 nitrogen and oxygen atoms in total. The summed E-state index contributed by atoms with van der Waals surface area (Å²) in [5.41, 5.74) is 8.34. The Hall–Kier alpha value is -2.27. The first-order chi connectivity index (χ1) is 10.7. The van der Waals surface area contributed by atoms with Crippen molar-refractivity contribution < 1.29 is 9.53 Å². The van der Waals surface area contributed by atoms with Crippen molar-refractivity contribution in [3.8, 4) is 0 Å². The number of nitrogens with two attached hydrogens (primary N) is 1. The number of aliphatic imine (C=N–C) groups is 1. The van der Waals surface area contributed by atoms with Gasteiger partial charge >= 0.3 is 5.97 Å². The fourth-order valence-electron chi connectivity index (χ4n) is 1.78. The van der Waals surface area contributed by atoms with Gasteiger partial charge in [-0.15, -0.1) is 0 Å². The van der Waals surface area contributed by atoms with Crippen molar-refractivity contribution >= 4 is 28.6 Å². The Kier molecular flexibility index (Phi) is 6.03. The van der Waals surface area contributed by atoms with Gasteiger partial charge < -0.3 is 10.5 Å². The molecule has 22 heavy (non-hydrogen) atoms. The highest BCUT2D eigenvalue weighted by Crippen LogP contribution is 2.18. The molecule has 2 N–H and O–H groups in total. The van der Waals surface area contributed by atoms with Crippen molar-refractivity contribution in [1.29, 1.82) is 0 Å². The molecule has 0 amide bonds. The molecule has 0 saturated carbocycles. The van der Waals surface area contributed by atoms with E-state index in [9.17, 15) is 4.79 Å². The van der Waals surface area contributed by atoms with Crippen LogP contribution in [0.3, 0.4) is 0 Å². The summed E-state index contributed by atoms with van der Waals surface area (Å²) < 4.78 is 4.93. The number of rotatable bonds is 5. The monoisotopic (exact) mass is 314 g/mol. The Morgan fingerprint density at radius 1 is 1.14 bits per heavy atom. The summed E-state index contributed by atoms with van der Waals surface area (Å²) in [5.74, 6) is 0.446. The van der Waals surface area contributed by atoms with Crippen LogP contribution in [0.25, 0.3) is 0 Å². The van der Waals surface area contributed by atoms with Crippen LogP contribution in [-0.4, -0.2) is 17.7 Å². The summed E-state index contributed by atoms with van der Waals surface area (Å²) in [4.78, 5) is 15.9. The fourth-order valence-corrected chi connectivity index (χ4v) is 2.45. The highest BCUT2D eigenvalue weighted by atomic mass is 32.2. The van der Waals surface area contributed by atoms with E-state index in [1.807, 2.05) is 18.2 Å². The molecule has 0 radical (unpaired) electrons. The molecule has 0 heterocycles. The van der Waals surface area contributed by atoms with E-state index in [0.29, 0.717) is 23.0 Å². The van der Waals surface area contributed by atoms with E-state index in [1.54, 1.807) is 31.2 Å². The van der Waals surface area contributed by atoms with E-state index >= 15 is 0 Å². The number of thioether (sulfide) groups is 1. The summed E-state index contributed by atoms with van der Waals surface area (Å²) in [6, 6.07) is 17.0. The third kappa shape index (κ3) is 4.93. The minimum atomic E-state index is -0.329. The van der Waals surface area contributed by atoms with Gasteiger partial charge in [0.1, 0.15) is 0 Å². The first-order valence-corrected chi connectivity index (χ1v) is 7.95. The van der Waals surface area contributed by atoms with E-state index in [-0.39, 0.29) is 5.97 Å². The van der Waals surface area contributed by atoms with Crippen LogP contribution in [0.5, 0.6) is 0 Å². The zero-order valence-electron chi connectivity index (χ0n) is 12.4. The van der Waals surface area contributed by atoms with E-state index < -0.39 is 0 Å². The molecule has 2 aromatic carbocycles. The summed E-state index contributed by atoms with van der Waals surface area (Å²) in [6.45, 7) is 2.14. The van der Waals surface area contributed by atoms with Crippen LogP contribution in [0.15, 0.2) is 59.6 Å². The summed E-state index contributed by atoms with van der Waals surface area (Å²) in [7, 11) is 0. The number of carbonyl (C=O) groups is 1. The fraction of sp³-hybridized carbons (Fsp3) is 0.176. The van der Waals surface area contributed by atoms with Crippen molar-refractivity contribution in [2.75, 3.05) is 6.61 Å². The van der Waals surface area contributed by atoms with Crippen LogP contribution in [0.1, 0.15) is 22.8 Å². The first-order valence-electron chi connectivity index (χ1n) is 6.97. The number of carbonyl (C=O) groups excluding carboxylic acids is 1. The van der Waals surface area contributed by atoms with Gasteiger partial charge in [-0.05, 0) is 36.8 Å². The van der Waals surface area contributed by atoms with Crippen molar-refractivity contribution in [3.63, 3.8) is 0 Å². The zero-order valence-corrected chi connectivity index (χ0v) is 13.2. The Morgan fingerprint density at radius 2 is 1.82 bits per heavy atom. The smallest absolute Gasteiger partial charge is 0.338 e. The Balaban J connectivity index is 1.95. The third-order valence-corrected chi connectivity index (χ3v) is 3.71. The Labute approximate surface area is 134 Å². The van der Waals surface area contributed by atoms with E-state index in [0.717, 1.165) is 5.75 Å². The minimum Gasteiger partial charge on any atom is -0.462 e. The predicted octanol–water partition coefficient (Wildman–Crippen LogP) is 3.74. The number of amidine groups is 1. The van der Waals surface area contributed by atoms with Crippen molar-refractivity contribution in [1.82, 2.24) is 0 Å². The average Bonchev–Trinajstić information content (AvgIpc) is 2.55. The van der Waals surface area contributed by atoms with Crippen LogP contribution in [0, 0.1) is 0 Å². The van der Waals surface area contributed by atoms with Gasteiger partial charge in [-0.2, -0.15) is 0 Å². The van der Waals surface area contributed by atoms with Crippen molar-refractivity contribution in [3.05, 3.63) is 65.7 Å². The van der Waals surface area contributed by atoms with E-state index in [4.69, 9.17) is 10.5 Å². The SMILES string of the molecule is CCOC(=O)c1ccc(N=C(N)SCc2ccccc2)cc1. The van der Waals surface area contributed by atoms with Gasteiger partial charge in [0.25, 0.3) is 0 Å². The molecule has 114 valence electrons. The average molecular weight is 314 g/mol. The van der Waals surface area contributed by atoms with Crippen molar-refractivity contribution in [2.24, 2.45) is 10.7 Å². The van der Waals surface area contributed by atoms with Crippen LogP contribution in [0.4, 0.5) is 5.69 Å². The number of hydrogen-bond donors (Lipinski definition) is 1. The van der Waals surface area contributed by atoms with Crippen LogP contribution >= 0.6 is 11.8 Å². The summed E-state index contributed by atoms with van der Waals surface area (Å²) in [5, 5.41) is 0.493. The maximum absolute atomic E-state index is 11.6. The van der Waals surface area contributed by atoms with Gasteiger partial charge in [-0.1, -0.05) is 42.1 Å². The molecule has 0 unspecified atom stereocenters. The van der Waals surface area contributed by atoms with E-state index in [1.165, 1.54) is 17.3 Å². The quantitative estimate of drug-likeness (QED) is 0.519.